The SMILES string of the molecule is CC1=CCC[C@H](C)[C@@]12CC[C@H](C)[C@H]1C[C@@]3(C)CC[C@H](C(C)C)[C@@H]3C=C12. The molecule has 4 aliphatic carbocycles. The lowest BCUT2D eigenvalue weighted by molar-refractivity contribution is 0.0707. The van der Waals surface area contributed by atoms with Crippen LogP contribution >= 0.6 is 0 Å². The molecular weight excluding hydrogens is 300 g/mol. The van der Waals surface area contributed by atoms with Gasteiger partial charge in [-0.2, -0.15) is 0 Å². The minimum Gasteiger partial charge on any atom is -0.0847 e. The van der Waals surface area contributed by atoms with Crippen LogP contribution in [0, 0.1) is 46.3 Å². The van der Waals surface area contributed by atoms with Gasteiger partial charge >= 0.3 is 0 Å². The van der Waals surface area contributed by atoms with E-state index in [1.807, 2.05) is 5.57 Å². The van der Waals surface area contributed by atoms with Gasteiger partial charge in [0.1, 0.15) is 0 Å². The van der Waals surface area contributed by atoms with E-state index in [-0.39, 0.29) is 0 Å². The molecule has 0 aromatic heterocycles. The van der Waals surface area contributed by atoms with Gasteiger partial charge in [-0.25, -0.2) is 0 Å². The summed E-state index contributed by atoms with van der Waals surface area (Å²) >= 11 is 0. The molecule has 0 radical (unpaired) electrons. The molecule has 0 N–H and O–H groups in total. The molecule has 0 bridgehead atoms. The molecule has 0 aromatic carbocycles. The van der Waals surface area contributed by atoms with Crippen LogP contribution in [0.3, 0.4) is 0 Å². The maximum absolute atomic E-state index is 2.89. The van der Waals surface area contributed by atoms with Crippen molar-refractivity contribution in [3.05, 3.63) is 23.3 Å². The lowest BCUT2D eigenvalue weighted by Gasteiger charge is -2.57. The van der Waals surface area contributed by atoms with Crippen molar-refractivity contribution >= 4 is 0 Å². The first-order valence-electron chi connectivity index (χ1n) is 11.2. The van der Waals surface area contributed by atoms with Crippen LogP contribution in [0.1, 0.15) is 86.5 Å². The van der Waals surface area contributed by atoms with Gasteiger partial charge in [-0.05, 0) is 92.8 Å². The maximum atomic E-state index is 2.89. The highest BCUT2D eigenvalue weighted by molar-refractivity contribution is 5.38. The third-order valence-corrected chi connectivity index (χ3v) is 9.41. The highest BCUT2D eigenvalue weighted by Gasteiger charge is 2.56. The zero-order valence-electron chi connectivity index (χ0n) is 17.6. The molecule has 1 spiro atoms. The van der Waals surface area contributed by atoms with E-state index in [1.165, 1.54) is 44.9 Å². The van der Waals surface area contributed by atoms with Gasteiger partial charge in [0.05, 0.1) is 0 Å². The molecule has 0 aliphatic heterocycles. The molecule has 4 rings (SSSR count). The van der Waals surface area contributed by atoms with Crippen LogP contribution in [-0.2, 0) is 0 Å². The Morgan fingerprint density at radius 1 is 1.08 bits per heavy atom. The van der Waals surface area contributed by atoms with Crippen LogP contribution in [0.4, 0.5) is 0 Å². The molecule has 140 valence electrons. The van der Waals surface area contributed by atoms with Gasteiger partial charge in [0.15, 0.2) is 0 Å². The number of fused-ring (bicyclic) bond motifs is 3. The summed E-state index contributed by atoms with van der Waals surface area (Å²) in [5.74, 6) is 5.15. The minimum absolute atomic E-state index is 0.418. The number of allylic oxidation sites excluding steroid dienone is 4. The second-order valence-corrected chi connectivity index (χ2v) is 10.9. The minimum atomic E-state index is 0.418. The van der Waals surface area contributed by atoms with Gasteiger partial charge < -0.3 is 0 Å². The standard InChI is InChI=1S/C25H40/c1-16(2)20-11-12-24(6)15-21-17(3)10-13-25(23(21)14-22(20)24)18(4)8-7-9-19(25)5/h8,14,16-17,19-22H,7,9-13,15H2,1-6H3/t17-,19-,20+,21+,22-,24+,25+/m0/s1. The third kappa shape index (κ3) is 2.45. The summed E-state index contributed by atoms with van der Waals surface area (Å²) < 4.78 is 0. The van der Waals surface area contributed by atoms with E-state index in [2.05, 4.69) is 53.7 Å². The Kier molecular flexibility index (Phi) is 4.29. The van der Waals surface area contributed by atoms with Crippen molar-refractivity contribution in [1.82, 2.24) is 0 Å². The van der Waals surface area contributed by atoms with Gasteiger partial charge in [0, 0.05) is 5.41 Å². The second-order valence-electron chi connectivity index (χ2n) is 10.9. The van der Waals surface area contributed by atoms with Crippen LogP contribution in [-0.4, -0.2) is 0 Å². The molecule has 0 aromatic rings. The van der Waals surface area contributed by atoms with E-state index in [0.29, 0.717) is 10.8 Å². The molecule has 0 heteroatoms. The molecule has 0 saturated heterocycles. The largest absolute Gasteiger partial charge is 0.0847 e. The molecule has 0 nitrogen and oxygen atoms in total. The van der Waals surface area contributed by atoms with E-state index in [0.717, 1.165) is 35.5 Å². The Hall–Kier alpha value is -0.520. The summed E-state index contributed by atoms with van der Waals surface area (Å²) in [6.07, 6.45) is 15.4. The fourth-order valence-corrected chi connectivity index (χ4v) is 7.71. The van der Waals surface area contributed by atoms with E-state index in [1.54, 1.807) is 5.57 Å². The molecule has 4 aliphatic rings. The normalized spacial score (nSPS) is 49.6. The van der Waals surface area contributed by atoms with E-state index >= 15 is 0 Å². The van der Waals surface area contributed by atoms with Crippen LogP contribution in [0.2, 0.25) is 0 Å². The Balaban J connectivity index is 1.84. The van der Waals surface area contributed by atoms with Crippen molar-refractivity contribution in [3.8, 4) is 0 Å². The maximum Gasteiger partial charge on any atom is 0.0146 e. The monoisotopic (exact) mass is 340 g/mol. The van der Waals surface area contributed by atoms with Crippen LogP contribution in [0.25, 0.3) is 0 Å². The summed E-state index contributed by atoms with van der Waals surface area (Å²) in [4.78, 5) is 0. The topological polar surface area (TPSA) is 0 Å². The predicted molar refractivity (Wildman–Crippen MR) is 108 cm³/mol. The van der Waals surface area contributed by atoms with Crippen molar-refractivity contribution in [1.29, 1.82) is 0 Å². The lowest BCUT2D eigenvalue weighted by atomic mass is 9.48. The van der Waals surface area contributed by atoms with E-state index in [9.17, 15) is 0 Å². The lowest BCUT2D eigenvalue weighted by Crippen LogP contribution is -2.47. The Morgan fingerprint density at radius 2 is 1.84 bits per heavy atom. The van der Waals surface area contributed by atoms with Crippen molar-refractivity contribution in [2.24, 2.45) is 46.3 Å². The molecular formula is C25H40. The molecule has 2 saturated carbocycles. The summed E-state index contributed by atoms with van der Waals surface area (Å²) in [6, 6.07) is 0. The van der Waals surface area contributed by atoms with Crippen LogP contribution < -0.4 is 0 Å². The summed E-state index contributed by atoms with van der Waals surface area (Å²) in [7, 11) is 0. The van der Waals surface area contributed by atoms with Gasteiger partial charge in [-0.3, -0.25) is 0 Å². The van der Waals surface area contributed by atoms with E-state index in [4.69, 9.17) is 0 Å². The molecule has 0 amide bonds. The fraction of sp³-hybridized carbons (Fsp3) is 0.840. The Labute approximate surface area is 156 Å². The molecule has 7 atom stereocenters. The van der Waals surface area contributed by atoms with Crippen molar-refractivity contribution in [2.75, 3.05) is 0 Å². The van der Waals surface area contributed by atoms with Gasteiger partial charge in [0.2, 0.25) is 0 Å². The first kappa shape index (κ1) is 17.9. The van der Waals surface area contributed by atoms with Crippen molar-refractivity contribution in [2.45, 2.75) is 86.5 Å². The molecule has 0 unspecified atom stereocenters. The average Bonchev–Trinajstić information content (AvgIpc) is 2.90. The highest BCUT2D eigenvalue weighted by atomic mass is 14.6. The smallest absolute Gasteiger partial charge is 0.0146 e. The van der Waals surface area contributed by atoms with Gasteiger partial charge in [-0.15, -0.1) is 0 Å². The molecule has 2 fully saturated rings. The Morgan fingerprint density at radius 3 is 2.52 bits per heavy atom. The summed E-state index contributed by atoms with van der Waals surface area (Å²) in [6.45, 7) is 15.1. The van der Waals surface area contributed by atoms with E-state index < -0.39 is 0 Å². The quantitative estimate of drug-likeness (QED) is 0.436. The first-order valence-corrected chi connectivity index (χ1v) is 11.2. The molecule has 0 heterocycles. The van der Waals surface area contributed by atoms with Crippen LogP contribution in [0.15, 0.2) is 23.3 Å². The van der Waals surface area contributed by atoms with Gasteiger partial charge in [0.25, 0.3) is 0 Å². The van der Waals surface area contributed by atoms with Gasteiger partial charge in [-0.1, -0.05) is 57.9 Å². The first-order chi connectivity index (χ1) is 11.8. The van der Waals surface area contributed by atoms with Crippen molar-refractivity contribution < 1.29 is 0 Å². The van der Waals surface area contributed by atoms with Crippen LogP contribution in [0.5, 0.6) is 0 Å². The van der Waals surface area contributed by atoms with Crippen molar-refractivity contribution in [3.63, 3.8) is 0 Å². The third-order valence-electron chi connectivity index (χ3n) is 9.41. The summed E-state index contributed by atoms with van der Waals surface area (Å²) in [5.41, 5.74) is 4.62. The highest BCUT2D eigenvalue weighted by Crippen LogP contribution is 2.66. The summed E-state index contributed by atoms with van der Waals surface area (Å²) in [5, 5.41) is 0. The zero-order chi connectivity index (χ0) is 18.0. The number of hydrogen-bond acceptors (Lipinski definition) is 0. The molecule has 25 heavy (non-hydrogen) atoms. The number of rotatable bonds is 1. The average molecular weight is 341 g/mol. The Bertz CT molecular complexity index is 593. The number of hydrogen-bond donors (Lipinski definition) is 0. The zero-order valence-corrected chi connectivity index (χ0v) is 17.6. The second kappa shape index (κ2) is 6.00. The predicted octanol–water partition coefficient (Wildman–Crippen LogP) is 7.41. The fourth-order valence-electron chi connectivity index (χ4n) is 7.71.